The zero-order valence-electron chi connectivity index (χ0n) is 15.7. The predicted molar refractivity (Wildman–Crippen MR) is 103 cm³/mol. The van der Waals surface area contributed by atoms with Crippen molar-refractivity contribution >= 4 is 0 Å². The van der Waals surface area contributed by atoms with Gasteiger partial charge in [-0.1, -0.05) is 95.0 Å². The van der Waals surface area contributed by atoms with Gasteiger partial charge in [0.05, 0.1) is 0 Å². The highest BCUT2D eigenvalue weighted by atomic mass is 16.0. The second-order valence-corrected chi connectivity index (χ2v) is 7.10. The summed E-state index contributed by atoms with van der Waals surface area (Å²) in [6, 6.07) is 10.8. The Morgan fingerprint density at radius 1 is 0.739 bits per heavy atom. The highest BCUT2D eigenvalue weighted by molar-refractivity contribution is 5.22. The maximum atomic E-state index is 3.70. The molecule has 0 radical (unpaired) electrons. The van der Waals surface area contributed by atoms with E-state index in [1.54, 1.807) is 0 Å². The van der Waals surface area contributed by atoms with Gasteiger partial charge in [0.1, 0.15) is 0 Å². The second kappa shape index (κ2) is 13.6. The molecule has 0 bridgehead atoms. The summed E-state index contributed by atoms with van der Waals surface area (Å²) in [5, 5.41) is 3.70. The third kappa shape index (κ3) is 10.5. The molecule has 0 saturated carbocycles. The van der Waals surface area contributed by atoms with Crippen LogP contribution in [0.2, 0.25) is 0 Å². The lowest BCUT2D eigenvalue weighted by Gasteiger charge is -2.27. The van der Waals surface area contributed by atoms with Gasteiger partial charge < -0.3 is 10.8 Å². The van der Waals surface area contributed by atoms with Crippen molar-refractivity contribution in [3.63, 3.8) is 0 Å². The lowest BCUT2D eigenvalue weighted by molar-refractivity contribution is 0.394. The van der Waals surface area contributed by atoms with Crippen molar-refractivity contribution in [2.24, 2.45) is 0 Å². The van der Waals surface area contributed by atoms with Crippen molar-refractivity contribution in [1.29, 1.82) is 0 Å². The van der Waals surface area contributed by atoms with Crippen LogP contribution in [0.25, 0.3) is 0 Å². The Morgan fingerprint density at radius 3 is 1.74 bits per heavy atom. The van der Waals surface area contributed by atoms with Crippen LogP contribution < -0.4 is 5.32 Å². The summed E-state index contributed by atoms with van der Waals surface area (Å²) in [5.74, 6) is 0. The standard InChI is InChI=1S/C21H37N.H2O/c1-4-5-6-7-8-9-10-11-12-16-19-22-21(2,3)20-17-14-13-15-18-20;/h13-15,17-18,22H,4-12,16,19H2,1-3H3;1H2. The van der Waals surface area contributed by atoms with Gasteiger partial charge in [-0.05, 0) is 32.4 Å². The number of unbranched alkanes of at least 4 members (excludes halogenated alkanes) is 9. The Morgan fingerprint density at radius 2 is 1.22 bits per heavy atom. The summed E-state index contributed by atoms with van der Waals surface area (Å²) >= 11 is 0. The number of rotatable bonds is 13. The maximum absolute atomic E-state index is 3.70. The molecule has 0 aromatic heterocycles. The summed E-state index contributed by atoms with van der Waals surface area (Å²) < 4.78 is 0. The first-order chi connectivity index (χ1) is 10.7. The van der Waals surface area contributed by atoms with Crippen molar-refractivity contribution in [1.82, 2.24) is 5.32 Å². The van der Waals surface area contributed by atoms with Gasteiger partial charge in [0.2, 0.25) is 0 Å². The average molecular weight is 322 g/mol. The monoisotopic (exact) mass is 321 g/mol. The molecule has 0 atom stereocenters. The number of nitrogens with one attached hydrogen (secondary N) is 1. The van der Waals surface area contributed by atoms with Gasteiger partial charge >= 0.3 is 0 Å². The third-order valence-corrected chi connectivity index (χ3v) is 4.59. The number of benzene rings is 1. The molecule has 0 unspecified atom stereocenters. The van der Waals surface area contributed by atoms with Crippen LogP contribution in [0.5, 0.6) is 0 Å². The van der Waals surface area contributed by atoms with Crippen molar-refractivity contribution in [2.75, 3.05) is 6.54 Å². The van der Waals surface area contributed by atoms with Crippen molar-refractivity contribution in [3.8, 4) is 0 Å². The molecule has 1 aromatic rings. The number of hydrogen-bond donors (Lipinski definition) is 1. The van der Waals surface area contributed by atoms with Crippen LogP contribution in [0.3, 0.4) is 0 Å². The summed E-state index contributed by atoms with van der Waals surface area (Å²) in [4.78, 5) is 0. The SMILES string of the molecule is CCCCCCCCCCCCNC(C)(C)c1ccccc1.O. The molecule has 1 aromatic carbocycles. The van der Waals surface area contributed by atoms with Crippen LogP contribution >= 0.6 is 0 Å². The summed E-state index contributed by atoms with van der Waals surface area (Å²) in [7, 11) is 0. The van der Waals surface area contributed by atoms with Gasteiger partial charge in [-0.3, -0.25) is 0 Å². The van der Waals surface area contributed by atoms with Crippen LogP contribution in [0.15, 0.2) is 30.3 Å². The lowest BCUT2D eigenvalue weighted by Crippen LogP contribution is -2.37. The molecule has 2 heteroatoms. The Bertz CT molecular complexity index is 361. The van der Waals surface area contributed by atoms with E-state index < -0.39 is 0 Å². The minimum Gasteiger partial charge on any atom is -0.412 e. The zero-order valence-corrected chi connectivity index (χ0v) is 15.7. The molecule has 0 fully saturated rings. The molecule has 0 aliphatic rings. The van der Waals surface area contributed by atoms with Crippen LogP contribution in [-0.2, 0) is 5.54 Å². The lowest BCUT2D eigenvalue weighted by atomic mass is 9.94. The zero-order chi connectivity index (χ0) is 16.1. The van der Waals surface area contributed by atoms with E-state index in [1.165, 1.54) is 69.8 Å². The Balaban J connectivity index is 0.00000484. The van der Waals surface area contributed by atoms with E-state index in [9.17, 15) is 0 Å². The Labute approximate surface area is 144 Å². The van der Waals surface area contributed by atoms with Crippen molar-refractivity contribution in [3.05, 3.63) is 35.9 Å². The number of hydrogen-bond acceptors (Lipinski definition) is 1. The molecule has 2 nitrogen and oxygen atoms in total. The molecular weight excluding hydrogens is 282 g/mol. The smallest absolute Gasteiger partial charge is 0.0377 e. The van der Waals surface area contributed by atoms with Crippen LogP contribution in [0.4, 0.5) is 0 Å². The normalized spacial score (nSPS) is 11.3. The highest BCUT2D eigenvalue weighted by Crippen LogP contribution is 2.19. The maximum Gasteiger partial charge on any atom is 0.0377 e. The minimum atomic E-state index is 0. The molecule has 0 aliphatic heterocycles. The van der Waals surface area contributed by atoms with Crippen LogP contribution in [-0.4, -0.2) is 12.0 Å². The summed E-state index contributed by atoms with van der Waals surface area (Å²) in [6.45, 7) is 7.96. The third-order valence-electron chi connectivity index (χ3n) is 4.59. The van der Waals surface area contributed by atoms with Crippen LogP contribution in [0.1, 0.15) is 90.5 Å². The second-order valence-electron chi connectivity index (χ2n) is 7.10. The van der Waals surface area contributed by atoms with E-state index >= 15 is 0 Å². The average Bonchev–Trinajstić information content (AvgIpc) is 2.53. The van der Waals surface area contributed by atoms with E-state index in [0.29, 0.717) is 0 Å². The fourth-order valence-electron chi connectivity index (χ4n) is 2.97. The van der Waals surface area contributed by atoms with Crippen molar-refractivity contribution < 1.29 is 5.48 Å². The van der Waals surface area contributed by atoms with Gasteiger partial charge in [-0.15, -0.1) is 0 Å². The molecule has 0 heterocycles. The van der Waals surface area contributed by atoms with Gasteiger partial charge in [-0.25, -0.2) is 0 Å². The first-order valence-electron chi connectivity index (χ1n) is 9.47. The first-order valence-corrected chi connectivity index (χ1v) is 9.47. The molecule has 0 amide bonds. The van der Waals surface area contributed by atoms with E-state index in [2.05, 4.69) is 56.4 Å². The Hall–Kier alpha value is -0.860. The largest absolute Gasteiger partial charge is 0.412 e. The molecule has 134 valence electrons. The van der Waals surface area contributed by atoms with E-state index in [4.69, 9.17) is 0 Å². The molecule has 3 N–H and O–H groups in total. The molecule has 1 rings (SSSR count). The van der Waals surface area contributed by atoms with E-state index in [1.807, 2.05) is 0 Å². The highest BCUT2D eigenvalue weighted by Gasteiger charge is 2.18. The molecule has 23 heavy (non-hydrogen) atoms. The summed E-state index contributed by atoms with van der Waals surface area (Å²) in [5.41, 5.74) is 1.46. The molecule has 0 spiro atoms. The predicted octanol–water partition coefficient (Wildman–Crippen LogP) is 5.61. The first kappa shape index (κ1) is 22.1. The summed E-state index contributed by atoms with van der Waals surface area (Å²) in [6.07, 6.45) is 14.0. The molecule has 0 saturated heterocycles. The van der Waals surface area contributed by atoms with Crippen LogP contribution in [0, 0.1) is 0 Å². The fourth-order valence-corrected chi connectivity index (χ4v) is 2.97. The Kier molecular flexibility index (Phi) is 13.1. The quantitative estimate of drug-likeness (QED) is 0.472. The fraction of sp³-hybridized carbons (Fsp3) is 0.714. The van der Waals surface area contributed by atoms with Gasteiger partial charge in [0, 0.05) is 5.54 Å². The molecular formula is C21H39NO. The van der Waals surface area contributed by atoms with Gasteiger partial charge in [0.15, 0.2) is 0 Å². The van der Waals surface area contributed by atoms with E-state index in [-0.39, 0.29) is 11.0 Å². The topological polar surface area (TPSA) is 43.5 Å². The van der Waals surface area contributed by atoms with Crippen molar-refractivity contribution in [2.45, 2.75) is 90.5 Å². The van der Waals surface area contributed by atoms with E-state index in [0.717, 1.165) is 6.54 Å². The molecule has 0 aliphatic carbocycles. The van der Waals surface area contributed by atoms with Gasteiger partial charge in [-0.2, -0.15) is 0 Å². The van der Waals surface area contributed by atoms with Gasteiger partial charge in [0.25, 0.3) is 0 Å². The minimum absolute atomic E-state index is 0.